The van der Waals surface area contributed by atoms with Gasteiger partial charge in [-0.15, -0.1) is 0 Å². The van der Waals surface area contributed by atoms with E-state index in [0.29, 0.717) is 5.92 Å². The van der Waals surface area contributed by atoms with Crippen molar-refractivity contribution in [1.82, 2.24) is 4.98 Å². The van der Waals surface area contributed by atoms with Crippen LogP contribution in [-0.2, 0) is 11.8 Å². The van der Waals surface area contributed by atoms with Gasteiger partial charge in [0.1, 0.15) is 0 Å². The summed E-state index contributed by atoms with van der Waals surface area (Å²) in [4.78, 5) is 4.67. The second-order valence-corrected chi connectivity index (χ2v) is 7.43. The van der Waals surface area contributed by atoms with Gasteiger partial charge in [0.05, 0.1) is 5.69 Å². The Morgan fingerprint density at radius 3 is 2.14 bits per heavy atom. The average Bonchev–Trinajstić information content (AvgIpc) is 2.37. The van der Waals surface area contributed by atoms with Crippen molar-refractivity contribution in [2.45, 2.75) is 53.4 Å². The van der Waals surface area contributed by atoms with Crippen molar-refractivity contribution in [2.24, 2.45) is 5.92 Å². The van der Waals surface area contributed by atoms with E-state index in [0.717, 1.165) is 12.1 Å². The molecule has 1 heterocycles. The van der Waals surface area contributed by atoms with Crippen LogP contribution in [0.25, 0.3) is 11.3 Å². The number of nitrogens with zero attached hydrogens (tertiary/aromatic N) is 1. The fraction of sp³-hybridized carbons (Fsp3) is 0.450. The van der Waals surface area contributed by atoms with Crippen LogP contribution in [0.2, 0.25) is 0 Å². The quantitative estimate of drug-likeness (QED) is 0.718. The summed E-state index contributed by atoms with van der Waals surface area (Å²) in [5.41, 5.74) is 6.46. The average molecular weight is 281 g/mol. The largest absolute Gasteiger partial charge is 0.256 e. The number of aromatic nitrogens is 1. The Labute approximate surface area is 129 Å². The van der Waals surface area contributed by atoms with E-state index in [1.54, 1.807) is 0 Å². The lowest BCUT2D eigenvalue weighted by Crippen LogP contribution is -2.13. The van der Waals surface area contributed by atoms with Crippen molar-refractivity contribution >= 4 is 0 Å². The molecule has 0 unspecified atom stereocenters. The van der Waals surface area contributed by atoms with Crippen molar-refractivity contribution in [3.05, 3.63) is 53.2 Å². The summed E-state index contributed by atoms with van der Waals surface area (Å²) < 4.78 is 0. The van der Waals surface area contributed by atoms with Gasteiger partial charge in [-0.3, -0.25) is 4.98 Å². The van der Waals surface area contributed by atoms with Gasteiger partial charge in [0.15, 0.2) is 0 Å². The zero-order chi connectivity index (χ0) is 15.6. The molecule has 0 saturated heterocycles. The topological polar surface area (TPSA) is 12.9 Å². The Kier molecular flexibility index (Phi) is 4.51. The van der Waals surface area contributed by atoms with Crippen molar-refractivity contribution in [3.8, 4) is 11.3 Å². The van der Waals surface area contributed by atoms with E-state index in [1.807, 2.05) is 6.20 Å². The maximum absolute atomic E-state index is 4.67. The Morgan fingerprint density at radius 1 is 1.05 bits per heavy atom. The summed E-state index contributed by atoms with van der Waals surface area (Å²) in [7, 11) is 0. The highest BCUT2D eigenvalue weighted by molar-refractivity contribution is 5.61. The smallest absolute Gasteiger partial charge is 0.0704 e. The van der Waals surface area contributed by atoms with Gasteiger partial charge in [0.25, 0.3) is 0 Å². The fourth-order valence-electron chi connectivity index (χ4n) is 2.78. The van der Waals surface area contributed by atoms with Crippen LogP contribution in [-0.4, -0.2) is 4.98 Å². The van der Waals surface area contributed by atoms with Crippen LogP contribution < -0.4 is 0 Å². The van der Waals surface area contributed by atoms with Crippen molar-refractivity contribution in [1.29, 1.82) is 0 Å². The summed E-state index contributed by atoms with van der Waals surface area (Å²) in [6.45, 7) is 13.4. The van der Waals surface area contributed by atoms with Gasteiger partial charge in [-0.1, -0.05) is 58.9 Å². The third kappa shape index (κ3) is 3.93. The molecule has 112 valence electrons. The monoisotopic (exact) mass is 281 g/mol. The first-order chi connectivity index (χ1) is 9.77. The maximum atomic E-state index is 4.67. The first kappa shape index (κ1) is 15.8. The molecule has 0 amide bonds. The highest BCUT2D eigenvalue weighted by Gasteiger charge is 2.17. The van der Waals surface area contributed by atoms with E-state index in [9.17, 15) is 0 Å². The Morgan fingerprint density at radius 2 is 1.67 bits per heavy atom. The zero-order valence-corrected chi connectivity index (χ0v) is 14.2. The molecular formula is C20H27N. The van der Waals surface area contributed by atoms with E-state index in [4.69, 9.17) is 0 Å². The molecule has 1 aromatic carbocycles. The maximum Gasteiger partial charge on any atom is 0.0704 e. The van der Waals surface area contributed by atoms with Gasteiger partial charge in [-0.2, -0.15) is 0 Å². The lowest BCUT2D eigenvalue weighted by Gasteiger charge is -2.21. The number of hydrogen-bond donors (Lipinski definition) is 0. The fourth-order valence-corrected chi connectivity index (χ4v) is 2.78. The first-order valence-electron chi connectivity index (χ1n) is 7.84. The second kappa shape index (κ2) is 6.01. The van der Waals surface area contributed by atoms with Crippen molar-refractivity contribution < 1.29 is 0 Å². The standard InChI is InChI=1S/C20H27N/c1-14(2)11-16-7-9-17(10-8-16)19-12-15(3)18(13-21-19)20(4,5)6/h7-10,12-14H,11H2,1-6H3. The Balaban J connectivity index is 2.28. The molecule has 1 aromatic heterocycles. The summed E-state index contributed by atoms with van der Waals surface area (Å²) in [5.74, 6) is 0.697. The predicted octanol–water partition coefficient (Wildman–Crippen LogP) is 5.55. The van der Waals surface area contributed by atoms with Crippen molar-refractivity contribution in [2.75, 3.05) is 0 Å². The molecule has 0 aliphatic heterocycles. The van der Waals surface area contributed by atoms with E-state index >= 15 is 0 Å². The summed E-state index contributed by atoms with van der Waals surface area (Å²) in [6, 6.07) is 11.0. The van der Waals surface area contributed by atoms with Gasteiger partial charge in [0, 0.05) is 11.8 Å². The molecule has 0 spiro atoms. The highest BCUT2D eigenvalue weighted by Crippen LogP contribution is 2.28. The molecule has 1 heteroatoms. The lowest BCUT2D eigenvalue weighted by molar-refractivity contribution is 0.583. The van der Waals surface area contributed by atoms with Crippen LogP contribution in [0.3, 0.4) is 0 Å². The predicted molar refractivity (Wildman–Crippen MR) is 91.7 cm³/mol. The van der Waals surface area contributed by atoms with E-state index in [2.05, 4.69) is 76.9 Å². The summed E-state index contributed by atoms with van der Waals surface area (Å²) >= 11 is 0. The number of rotatable bonds is 3. The van der Waals surface area contributed by atoms with Crippen LogP contribution in [0.5, 0.6) is 0 Å². The van der Waals surface area contributed by atoms with E-state index in [-0.39, 0.29) is 5.41 Å². The molecule has 2 aromatic rings. The van der Waals surface area contributed by atoms with Gasteiger partial charge >= 0.3 is 0 Å². The molecule has 0 saturated carbocycles. The molecule has 0 aliphatic rings. The minimum atomic E-state index is 0.150. The molecule has 0 aliphatic carbocycles. The van der Waals surface area contributed by atoms with E-state index in [1.165, 1.54) is 22.3 Å². The Hall–Kier alpha value is -1.63. The minimum Gasteiger partial charge on any atom is -0.256 e. The van der Waals surface area contributed by atoms with Crippen LogP contribution in [0.4, 0.5) is 0 Å². The molecule has 2 rings (SSSR count). The van der Waals surface area contributed by atoms with Gasteiger partial charge < -0.3 is 0 Å². The van der Waals surface area contributed by atoms with Crippen LogP contribution >= 0.6 is 0 Å². The molecule has 0 N–H and O–H groups in total. The second-order valence-electron chi connectivity index (χ2n) is 7.43. The third-order valence-electron chi connectivity index (χ3n) is 3.81. The normalized spacial score (nSPS) is 12.0. The zero-order valence-electron chi connectivity index (χ0n) is 14.2. The molecule has 21 heavy (non-hydrogen) atoms. The summed E-state index contributed by atoms with van der Waals surface area (Å²) in [5, 5.41) is 0. The van der Waals surface area contributed by atoms with Gasteiger partial charge in [0.2, 0.25) is 0 Å². The molecule has 0 radical (unpaired) electrons. The summed E-state index contributed by atoms with van der Waals surface area (Å²) in [6.07, 6.45) is 3.17. The number of hydrogen-bond acceptors (Lipinski definition) is 1. The third-order valence-corrected chi connectivity index (χ3v) is 3.81. The molecule has 0 atom stereocenters. The van der Waals surface area contributed by atoms with E-state index < -0.39 is 0 Å². The lowest BCUT2D eigenvalue weighted by atomic mass is 9.85. The van der Waals surface area contributed by atoms with Gasteiger partial charge in [-0.05, 0) is 47.4 Å². The molecule has 0 fully saturated rings. The van der Waals surface area contributed by atoms with Gasteiger partial charge in [-0.25, -0.2) is 0 Å². The molecule has 1 nitrogen and oxygen atoms in total. The number of pyridine rings is 1. The highest BCUT2D eigenvalue weighted by atomic mass is 14.7. The van der Waals surface area contributed by atoms with Crippen LogP contribution in [0.15, 0.2) is 36.5 Å². The van der Waals surface area contributed by atoms with Crippen LogP contribution in [0, 0.1) is 12.8 Å². The number of aryl methyl sites for hydroxylation is 1. The first-order valence-corrected chi connectivity index (χ1v) is 7.84. The molecular weight excluding hydrogens is 254 g/mol. The number of benzene rings is 1. The molecule has 0 bridgehead atoms. The minimum absolute atomic E-state index is 0.150. The van der Waals surface area contributed by atoms with Crippen molar-refractivity contribution in [3.63, 3.8) is 0 Å². The van der Waals surface area contributed by atoms with Crippen LogP contribution in [0.1, 0.15) is 51.3 Å². The Bertz CT molecular complexity index is 601. The SMILES string of the molecule is Cc1cc(-c2ccc(CC(C)C)cc2)ncc1C(C)(C)C.